The van der Waals surface area contributed by atoms with Gasteiger partial charge in [0.05, 0.1) is 12.1 Å². The molecular formula is C23H30Cl3NO2. The van der Waals surface area contributed by atoms with Crippen molar-refractivity contribution in [2.24, 2.45) is 5.41 Å². The van der Waals surface area contributed by atoms with Crippen LogP contribution in [0.15, 0.2) is 30.3 Å². The number of methoxy groups -OCH3 is 1. The minimum Gasteiger partial charge on any atom is -0.493 e. The van der Waals surface area contributed by atoms with E-state index in [1.54, 1.807) is 19.2 Å². The van der Waals surface area contributed by atoms with Crippen LogP contribution in [0.4, 0.5) is 0 Å². The van der Waals surface area contributed by atoms with E-state index in [9.17, 15) is 0 Å². The van der Waals surface area contributed by atoms with Crippen LogP contribution in [0.3, 0.4) is 0 Å². The third-order valence-corrected chi connectivity index (χ3v) is 5.29. The summed E-state index contributed by atoms with van der Waals surface area (Å²) in [4.78, 5) is 0. The average molecular weight is 459 g/mol. The van der Waals surface area contributed by atoms with E-state index in [2.05, 4.69) is 39.9 Å². The van der Waals surface area contributed by atoms with E-state index < -0.39 is 0 Å². The Labute approximate surface area is 189 Å². The van der Waals surface area contributed by atoms with Gasteiger partial charge in [-0.1, -0.05) is 61.6 Å². The second-order valence-electron chi connectivity index (χ2n) is 9.11. The third kappa shape index (κ3) is 7.57. The van der Waals surface area contributed by atoms with Gasteiger partial charge in [0.1, 0.15) is 6.61 Å². The molecular weight excluding hydrogens is 429 g/mol. The van der Waals surface area contributed by atoms with E-state index in [0.717, 1.165) is 17.5 Å². The van der Waals surface area contributed by atoms with E-state index in [1.807, 2.05) is 18.2 Å². The molecule has 0 spiro atoms. The fourth-order valence-electron chi connectivity index (χ4n) is 3.53. The molecule has 0 aliphatic carbocycles. The Morgan fingerprint density at radius 1 is 0.931 bits per heavy atom. The second kappa shape index (κ2) is 9.78. The number of hydrogen-bond donors (Lipinski definition) is 1. The normalized spacial score (nSPS) is 12.2. The fraction of sp³-hybridized carbons (Fsp3) is 0.478. The predicted molar refractivity (Wildman–Crippen MR) is 124 cm³/mol. The Balaban J connectivity index is 2.12. The van der Waals surface area contributed by atoms with Crippen molar-refractivity contribution in [3.8, 4) is 11.5 Å². The van der Waals surface area contributed by atoms with E-state index >= 15 is 0 Å². The molecule has 0 saturated carbocycles. The maximum Gasteiger partial charge on any atom is 0.180 e. The first kappa shape index (κ1) is 24.1. The Bertz CT molecular complexity index is 845. The van der Waals surface area contributed by atoms with Crippen LogP contribution in [0, 0.1) is 5.41 Å². The first-order valence-corrected chi connectivity index (χ1v) is 10.7. The molecule has 2 aromatic carbocycles. The molecule has 0 radical (unpaired) electrons. The molecule has 29 heavy (non-hydrogen) atoms. The van der Waals surface area contributed by atoms with Crippen molar-refractivity contribution in [3.05, 3.63) is 56.5 Å². The van der Waals surface area contributed by atoms with Crippen molar-refractivity contribution in [1.29, 1.82) is 0 Å². The summed E-state index contributed by atoms with van der Waals surface area (Å²) in [6.07, 6.45) is 1.05. The Morgan fingerprint density at radius 3 is 2.21 bits per heavy atom. The summed E-state index contributed by atoms with van der Waals surface area (Å²) in [7, 11) is 1.61. The highest BCUT2D eigenvalue weighted by molar-refractivity contribution is 6.35. The number of ether oxygens (including phenoxy) is 2. The van der Waals surface area contributed by atoms with Crippen LogP contribution < -0.4 is 14.8 Å². The Hall–Kier alpha value is -1.13. The van der Waals surface area contributed by atoms with Gasteiger partial charge in [-0.3, -0.25) is 0 Å². The van der Waals surface area contributed by atoms with E-state index in [0.29, 0.717) is 33.1 Å². The van der Waals surface area contributed by atoms with Gasteiger partial charge in [-0.2, -0.15) is 0 Å². The molecule has 3 nitrogen and oxygen atoms in total. The second-order valence-corrected chi connectivity index (χ2v) is 10.4. The summed E-state index contributed by atoms with van der Waals surface area (Å²) in [5, 5.41) is 5.25. The van der Waals surface area contributed by atoms with Crippen molar-refractivity contribution in [1.82, 2.24) is 5.32 Å². The monoisotopic (exact) mass is 457 g/mol. The molecule has 0 amide bonds. The van der Waals surface area contributed by atoms with Crippen LogP contribution >= 0.6 is 34.8 Å². The highest BCUT2D eigenvalue weighted by Gasteiger charge is 2.25. The lowest BCUT2D eigenvalue weighted by molar-refractivity contribution is 0.240. The molecule has 0 heterocycles. The van der Waals surface area contributed by atoms with Gasteiger partial charge in [0.25, 0.3) is 0 Å². The fourth-order valence-corrected chi connectivity index (χ4v) is 4.28. The van der Waals surface area contributed by atoms with Crippen molar-refractivity contribution < 1.29 is 9.47 Å². The summed E-state index contributed by atoms with van der Waals surface area (Å²) >= 11 is 18.7. The number of nitrogens with one attached hydrogen (secondary N) is 1. The van der Waals surface area contributed by atoms with Gasteiger partial charge in [0.2, 0.25) is 0 Å². The highest BCUT2D eigenvalue weighted by Crippen LogP contribution is 2.38. The number of rotatable bonds is 8. The molecule has 0 fully saturated rings. The zero-order valence-electron chi connectivity index (χ0n) is 18.0. The molecule has 0 saturated heterocycles. The summed E-state index contributed by atoms with van der Waals surface area (Å²) in [5.41, 5.74) is 2.10. The van der Waals surface area contributed by atoms with Crippen molar-refractivity contribution >= 4 is 34.8 Å². The van der Waals surface area contributed by atoms with Crippen LogP contribution in [-0.4, -0.2) is 12.6 Å². The maximum atomic E-state index is 6.51. The molecule has 2 rings (SSSR count). The zero-order chi connectivity index (χ0) is 21.8. The Morgan fingerprint density at radius 2 is 1.62 bits per heavy atom. The standard InChI is InChI=1S/C23H30Cl3NO2/c1-22(2,3)14-23(4,5)27-12-15-9-19(26)21(20(10-15)28-6)29-13-16-7-8-17(24)11-18(16)25/h7-11,27H,12-14H2,1-6H3. The van der Waals surface area contributed by atoms with Gasteiger partial charge in [-0.25, -0.2) is 0 Å². The van der Waals surface area contributed by atoms with Crippen LogP contribution in [-0.2, 0) is 13.2 Å². The first-order chi connectivity index (χ1) is 13.4. The van der Waals surface area contributed by atoms with E-state index in [-0.39, 0.29) is 17.6 Å². The first-order valence-electron chi connectivity index (χ1n) is 9.58. The van der Waals surface area contributed by atoms with Gasteiger partial charge in [0.15, 0.2) is 11.5 Å². The lowest BCUT2D eigenvalue weighted by Crippen LogP contribution is -2.41. The lowest BCUT2D eigenvalue weighted by Gasteiger charge is -2.33. The number of hydrogen-bond acceptors (Lipinski definition) is 3. The molecule has 0 bridgehead atoms. The van der Waals surface area contributed by atoms with Gasteiger partial charge >= 0.3 is 0 Å². The largest absolute Gasteiger partial charge is 0.493 e. The quantitative estimate of drug-likeness (QED) is 0.443. The van der Waals surface area contributed by atoms with Crippen LogP contribution in [0.2, 0.25) is 15.1 Å². The van der Waals surface area contributed by atoms with Crippen LogP contribution in [0.25, 0.3) is 0 Å². The molecule has 0 aliphatic rings. The topological polar surface area (TPSA) is 30.5 Å². The average Bonchev–Trinajstić information content (AvgIpc) is 2.58. The molecule has 0 unspecified atom stereocenters. The Kier molecular flexibility index (Phi) is 8.15. The summed E-state index contributed by atoms with van der Waals surface area (Å²) in [5.74, 6) is 1.09. The minimum atomic E-state index is -0.00152. The van der Waals surface area contributed by atoms with Crippen LogP contribution in [0.5, 0.6) is 11.5 Å². The van der Waals surface area contributed by atoms with E-state index in [1.165, 1.54) is 0 Å². The minimum absolute atomic E-state index is 0.00152. The molecule has 1 N–H and O–H groups in total. The molecule has 6 heteroatoms. The highest BCUT2D eigenvalue weighted by atomic mass is 35.5. The van der Waals surface area contributed by atoms with Crippen LogP contribution in [0.1, 0.15) is 52.2 Å². The smallest absolute Gasteiger partial charge is 0.180 e. The van der Waals surface area contributed by atoms with Crippen molar-refractivity contribution in [2.45, 2.75) is 59.7 Å². The molecule has 0 aliphatic heterocycles. The van der Waals surface area contributed by atoms with Gasteiger partial charge in [-0.15, -0.1) is 0 Å². The number of benzene rings is 2. The molecule has 0 atom stereocenters. The summed E-state index contributed by atoms with van der Waals surface area (Å²) in [6.45, 7) is 12.1. The lowest BCUT2D eigenvalue weighted by atomic mass is 9.82. The van der Waals surface area contributed by atoms with Gasteiger partial charge in [0, 0.05) is 27.7 Å². The molecule has 160 valence electrons. The van der Waals surface area contributed by atoms with E-state index in [4.69, 9.17) is 44.3 Å². The molecule has 2 aromatic rings. The van der Waals surface area contributed by atoms with Gasteiger partial charge in [-0.05, 0) is 55.5 Å². The molecule has 0 aromatic heterocycles. The van der Waals surface area contributed by atoms with Crippen molar-refractivity contribution in [3.63, 3.8) is 0 Å². The maximum absolute atomic E-state index is 6.51. The number of halogens is 3. The summed E-state index contributed by atoms with van der Waals surface area (Å²) in [6, 6.07) is 9.16. The predicted octanol–water partition coefficient (Wildman–Crippen LogP) is 7.54. The summed E-state index contributed by atoms with van der Waals surface area (Å²) < 4.78 is 11.5. The van der Waals surface area contributed by atoms with Gasteiger partial charge < -0.3 is 14.8 Å². The van der Waals surface area contributed by atoms with Crippen molar-refractivity contribution in [2.75, 3.05) is 7.11 Å². The zero-order valence-corrected chi connectivity index (χ0v) is 20.2. The SMILES string of the molecule is COc1cc(CNC(C)(C)CC(C)(C)C)cc(Cl)c1OCc1ccc(Cl)cc1Cl. The third-order valence-electron chi connectivity index (χ3n) is 4.42.